The van der Waals surface area contributed by atoms with Crippen molar-refractivity contribution in [1.29, 1.82) is 0 Å². The van der Waals surface area contributed by atoms with Gasteiger partial charge >= 0.3 is 11.9 Å². The fourth-order valence-corrected chi connectivity index (χ4v) is 7.19. The lowest BCUT2D eigenvalue weighted by Gasteiger charge is -2.44. The van der Waals surface area contributed by atoms with Crippen molar-refractivity contribution in [3.8, 4) is 0 Å². The second-order valence-electron chi connectivity index (χ2n) is 8.83. The van der Waals surface area contributed by atoms with Crippen LogP contribution >= 0.6 is 0 Å². The number of hydrogen-bond acceptors (Lipinski definition) is 5. The first-order valence-corrected chi connectivity index (χ1v) is 8.98. The van der Waals surface area contributed by atoms with E-state index in [-0.39, 0.29) is 12.3 Å². The molecule has 0 aromatic heterocycles. The number of aliphatic hydroxyl groups excluding tert-OH is 1. The lowest BCUT2D eigenvalue weighted by Crippen LogP contribution is -2.53. The highest BCUT2D eigenvalue weighted by Crippen LogP contribution is 2.77. The van der Waals surface area contributed by atoms with E-state index in [1.807, 2.05) is 0 Å². The van der Waals surface area contributed by atoms with E-state index in [0.29, 0.717) is 24.8 Å². The zero-order valence-corrected chi connectivity index (χ0v) is 14.2. The van der Waals surface area contributed by atoms with Gasteiger partial charge in [0.1, 0.15) is 17.7 Å². The molecule has 4 aliphatic carbocycles. The van der Waals surface area contributed by atoms with E-state index in [0.717, 1.165) is 0 Å². The van der Waals surface area contributed by atoms with E-state index in [1.165, 1.54) is 6.08 Å². The molecule has 1 heterocycles. The van der Waals surface area contributed by atoms with Crippen LogP contribution in [0.3, 0.4) is 0 Å². The maximum Gasteiger partial charge on any atom is 0.319 e. The van der Waals surface area contributed by atoms with Gasteiger partial charge < -0.3 is 20.1 Å². The highest BCUT2D eigenvalue weighted by Gasteiger charge is 2.84. The molecule has 6 nitrogen and oxygen atoms in total. The number of esters is 1. The van der Waals surface area contributed by atoms with Gasteiger partial charge in [0.05, 0.1) is 17.6 Å². The lowest BCUT2D eigenvalue weighted by atomic mass is 9.60. The molecule has 1 spiro atoms. The van der Waals surface area contributed by atoms with Crippen LogP contribution in [0.2, 0.25) is 0 Å². The van der Waals surface area contributed by atoms with Gasteiger partial charge in [-0.2, -0.15) is 0 Å². The van der Waals surface area contributed by atoms with Crippen molar-refractivity contribution in [3.63, 3.8) is 0 Å². The van der Waals surface area contributed by atoms with Crippen LogP contribution < -0.4 is 0 Å². The zero-order chi connectivity index (χ0) is 18.7. The quantitative estimate of drug-likeness (QED) is 0.498. The highest BCUT2D eigenvalue weighted by atomic mass is 19.1. The summed E-state index contributed by atoms with van der Waals surface area (Å²) in [7, 11) is 0. The van der Waals surface area contributed by atoms with Crippen molar-refractivity contribution in [2.24, 2.45) is 28.6 Å². The number of hydrogen-bond donors (Lipinski definition) is 3. The van der Waals surface area contributed by atoms with Crippen LogP contribution in [0.25, 0.3) is 0 Å². The minimum Gasteiger partial charge on any atom is -0.481 e. The number of fused-ring (bicyclic) bond motifs is 1. The fourth-order valence-electron chi connectivity index (χ4n) is 7.19. The Morgan fingerprint density at radius 2 is 2.19 bits per heavy atom. The van der Waals surface area contributed by atoms with E-state index in [4.69, 9.17) is 4.74 Å². The summed E-state index contributed by atoms with van der Waals surface area (Å²) in [5, 5.41) is 31.5. The Morgan fingerprint density at radius 3 is 2.85 bits per heavy atom. The number of carboxylic acids is 1. The second-order valence-corrected chi connectivity index (χ2v) is 8.83. The zero-order valence-electron chi connectivity index (χ0n) is 14.2. The first-order valence-electron chi connectivity index (χ1n) is 8.98. The molecule has 1 aliphatic heterocycles. The molecule has 0 aromatic rings. The van der Waals surface area contributed by atoms with Crippen LogP contribution in [-0.2, 0) is 14.3 Å². The normalized spacial score (nSPS) is 56.3. The van der Waals surface area contributed by atoms with Gasteiger partial charge in [0.15, 0.2) is 0 Å². The number of aliphatic carboxylic acids is 1. The fraction of sp³-hybridized carbons (Fsp3) is 0.684. The van der Waals surface area contributed by atoms with E-state index >= 15 is 0 Å². The third kappa shape index (κ3) is 1.39. The Bertz CT molecular complexity index is 793. The number of carbonyl (C=O) groups is 2. The largest absolute Gasteiger partial charge is 0.481 e. The molecule has 5 aliphatic rings. The van der Waals surface area contributed by atoms with Gasteiger partial charge in [-0.3, -0.25) is 9.59 Å². The van der Waals surface area contributed by atoms with E-state index in [1.54, 1.807) is 6.08 Å². The molecule has 0 aromatic carbocycles. The number of alkyl halides is 1. The molecule has 8 atom stereocenters. The van der Waals surface area contributed by atoms with Crippen molar-refractivity contribution >= 4 is 11.9 Å². The molecular formula is C19H21FO6. The summed E-state index contributed by atoms with van der Waals surface area (Å²) in [6, 6.07) is 0. The summed E-state index contributed by atoms with van der Waals surface area (Å²) in [5.74, 6) is -4.44. The number of carboxylic acid groups (broad SMARTS) is 1. The van der Waals surface area contributed by atoms with Gasteiger partial charge in [-0.25, -0.2) is 4.39 Å². The number of aliphatic hydroxyl groups is 2. The van der Waals surface area contributed by atoms with Crippen molar-refractivity contribution in [1.82, 2.24) is 0 Å². The molecule has 7 heteroatoms. The van der Waals surface area contributed by atoms with Gasteiger partial charge in [-0.15, -0.1) is 0 Å². The van der Waals surface area contributed by atoms with Crippen LogP contribution in [0.5, 0.6) is 0 Å². The Labute approximate surface area is 149 Å². The average molecular weight is 364 g/mol. The summed E-state index contributed by atoms with van der Waals surface area (Å²) in [4.78, 5) is 25.1. The second kappa shape index (κ2) is 4.39. The van der Waals surface area contributed by atoms with E-state index in [2.05, 4.69) is 6.58 Å². The predicted molar refractivity (Wildman–Crippen MR) is 85.5 cm³/mol. The molecule has 3 saturated carbocycles. The monoisotopic (exact) mass is 364 g/mol. The maximum atomic E-state index is 14.2. The van der Waals surface area contributed by atoms with E-state index in [9.17, 15) is 29.3 Å². The third-order valence-corrected chi connectivity index (χ3v) is 8.10. The smallest absolute Gasteiger partial charge is 0.319 e. The van der Waals surface area contributed by atoms with Crippen molar-refractivity contribution in [2.75, 3.05) is 6.67 Å². The molecule has 4 bridgehead atoms. The van der Waals surface area contributed by atoms with E-state index < -0.39 is 58.6 Å². The Hall–Kier alpha value is -1.73. The maximum absolute atomic E-state index is 14.2. The minimum absolute atomic E-state index is 0.225. The first-order chi connectivity index (χ1) is 12.2. The molecule has 8 unspecified atom stereocenters. The van der Waals surface area contributed by atoms with Gasteiger partial charge in [0.25, 0.3) is 0 Å². The van der Waals surface area contributed by atoms with Crippen LogP contribution in [-0.4, -0.2) is 51.2 Å². The van der Waals surface area contributed by atoms with Crippen molar-refractivity contribution < 1.29 is 34.0 Å². The molecule has 140 valence electrons. The molecule has 4 fully saturated rings. The third-order valence-electron chi connectivity index (χ3n) is 8.10. The van der Waals surface area contributed by atoms with Gasteiger partial charge in [0, 0.05) is 11.8 Å². The Morgan fingerprint density at radius 1 is 1.46 bits per heavy atom. The highest BCUT2D eigenvalue weighted by molar-refractivity contribution is 5.87. The standard InChI is InChI=1S/C19H21FO6/c1-9-6-16-7-17(9,25)4-2-10(16)19-5-3-11(21)18(8-20,15(24)26-19)13(19)12(16)14(22)23/h3,5,10-13,21,25H,1-2,4,6-8H2,(H,22,23). The molecular weight excluding hydrogens is 343 g/mol. The molecule has 3 N–H and O–H groups in total. The Balaban J connectivity index is 1.79. The van der Waals surface area contributed by atoms with Crippen molar-refractivity contribution in [3.05, 3.63) is 24.3 Å². The molecule has 1 saturated heterocycles. The van der Waals surface area contributed by atoms with Crippen LogP contribution in [0.15, 0.2) is 24.3 Å². The summed E-state index contributed by atoms with van der Waals surface area (Å²) in [6.07, 6.45) is 2.95. The average Bonchev–Trinajstić information content (AvgIpc) is 3.00. The number of rotatable bonds is 2. The number of carbonyl (C=O) groups excluding carboxylic acids is 1. The number of halogens is 1. The first kappa shape index (κ1) is 16.4. The minimum atomic E-state index is -1.90. The van der Waals surface area contributed by atoms with Crippen molar-refractivity contribution in [2.45, 2.75) is 43.0 Å². The van der Waals surface area contributed by atoms with Gasteiger partial charge in [-0.1, -0.05) is 12.7 Å². The van der Waals surface area contributed by atoms with Crippen LogP contribution in [0, 0.1) is 28.6 Å². The SMILES string of the molecule is C=C1CC23CC1(O)CCC2C12C=CC(O)C(CF)(C(=O)O1)C2C3C(=O)O. The predicted octanol–water partition coefficient (Wildman–Crippen LogP) is 0.977. The topological polar surface area (TPSA) is 104 Å². The summed E-state index contributed by atoms with van der Waals surface area (Å²) < 4.78 is 20.0. The molecule has 5 rings (SSSR count). The molecule has 26 heavy (non-hydrogen) atoms. The molecule has 0 amide bonds. The lowest BCUT2D eigenvalue weighted by molar-refractivity contribution is -0.165. The van der Waals surface area contributed by atoms with Gasteiger partial charge in [-0.05, 0) is 42.7 Å². The number of ether oxygens (including phenoxy) is 1. The Kier molecular flexibility index (Phi) is 2.78. The summed E-state index contributed by atoms with van der Waals surface area (Å²) >= 11 is 0. The van der Waals surface area contributed by atoms with Gasteiger partial charge in [0.2, 0.25) is 0 Å². The van der Waals surface area contributed by atoms with Crippen LogP contribution in [0.1, 0.15) is 25.7 Å². The summed E-state index contributed by atoms with van der Waals surface area (Å²) in [5.41, 5.74) is -4.51. The van der Waals surface area contributed by atoms with Crippen LogP contribution in [0.4, 0.5) is 4.39 Å². The molecule has 0 radical (unpaired) electrons. The summed E-state index contributed by atoms with van der Waals surface area (Å²) in [6.45, 7) is 2.79.